The van der Waals surface area contributed by atoms with Crippen molar-refractivity contribution in [3.05, 3.63) is 65.6 Å². The highest BCUT2D eigenvalue weighted by atomic mass is 19.1. The fraction of sp³-hybridized carbons (Fsp3) is 0.250. The van der Waals surface area contributed by atoms with Gasteiger partial charge in [0.1, 0.15) is 17.3 Å². The SMILES string of the molecule is Cc1nc(N2CCCC2)ccc1NC(=O)c1ccn(-c2ccc(F)cc2F)n1. The highest BCUT2D eigenvalue weighted by Crippen LogP contribution is 2.22. The summed E-state index contributed by atoms with van der Waals surface area (Å²) in [4.78, 5) is 19.3. The summed E-state index contributed by atoms with van der Waals surface area (Å²) in [5.74, 6) is -0.955. The Balaban J connectivity index is 1.50. The first-order chi connectivity index (χ1) is 13.5. The number of halogens is 2. The molecule has 144 valence electrons. The number of rotatable bonds is 4. The highest BCUT2D eigenvalue weighted by molar-refractivity contribution is 6.03. The standard InChI is InChI=1S/C20H19F2N5O/c1-13-16(5-7-19(23-13)26-9-2-3-10-26)24-20(28)17-8-11-27(25-17)18-6-4-14(21)12-15(18)22/h4-8,11-12H,2-3,9-10H2,1H3,(H,24,28). The molecule has 4 rings (SSSR count). The Morgan fingerprint density at radius 1 is 1.11 bits per heavy atom. The third-order valence-electron chi connectivity index (χ3n) is 4.73. The number of hydrogen-bond acceptors (Lipinski definition) is 4. The third kappa shape index (κ3) is 3.58. The van der Waals surface area contributed by atoms with Crippen molar-refractivity contribution in [1.29, 1.82) is 0 Å². The summed E-state index contributed by atoms with van der Waals surface area (Å²) < 4.78 is 28.2. The van der Waals surface area contributed by atoms with Crippen molar-refractivity contribution < 1.29 is 13.6 Å². The summed E-state index contributed by atoms with van der Waals surface area (Å²) in [6.45, 7) is 3.83. The monoisotopic (exact) mass is 383 g/mol. The molecule has 1 aliphatic heterocycles. The van der Waals surface area contributed by atoms with E-state index in [1.807, 2.05) is 19.1 Å². The van der Waals surface area contributed by atoms with Crippen LogP contribution >= 0.6 is 0 Å². The molecule has 3 heterocycles. The molecule has 2 aromatic heterocycles. The van der Waals surface area contributed by atoms with Crippen LogP contribution in [0.5, 0.6) is 0 Å². The van der Waals surface area contributed by atoms with Gasteiger partial charge in [-0.15, -0.1) is 0 Å². The van der Waals surface area contributed by atoms with Crippen LogP contribution < -0.4 is 10.2 Å². The first-order valence-corrected chi connectivity index (χ1v) is 9.06. The van der Waals surface area contributed by atoms with Crippen LogP contribution in [-0.4, -0.2) is 33.8 Å². The molecule has 0 saturated carbocycles. The molecule has 28 heavy (non-hydrogen) atoms. The minimum atomic E-state index is -0.757. The van der Waals surface area contributed by atoms with Crippen LogP contribution in [0.25, 0.3) is 5.69 Å². The van der Waals surface area contributed by atoms with Gasteiger partial charge in [-0.05, 0) is 50.1 Å². The predicted octanol–water partition coefficient (Wildman–Crippen LogP) is 3.71. The maximum atomic E-state index is 13.9. The van der Waals surface area contributed by atoms with Gasteiger partial charge in [0.05, 0.1) is 11.4 Å². The average molecular weight is 383 g/mol. The normalized spacial score (nSPS) is 13.8. The molecule has 6 nitrogen and oxygen atoms in total. The lowest BCUT2D eigenvalue weighted by Crippen LogP contribution is -2.20. The van der Waals surface area contributed by atoms with E-state index >= 15 is 0 Å². The zero-order valence-electron chi connectivity index (χ0n) is 15.3. The number of amides is 1. The molecule has 0 aliphatic carbocycles. The van der Waals surface area contributed by atoms with Crippen LogP contribution in [-0.2, 0) is 0 Å². The molecule has 1 fully saturated rings. The van der Waals surface area contributed by atoms with Gasteiger partial charge in [0.15, 0.2) is 11.5 Å². The lowest BCUT2D eigenvalue weighted by Gasteiger charge is -2.17. The van der Waals surface area contributed by atoms with Crippen molar-refractivity contribution in [2.75, 3.05) is 23.3 Å². The second-order valence-corrected chi connectivity index (χ2v) is 6.69. The Morgan fingerprint density at radius 3 is 2.61 bits per heavy atom. The van der Waals surface area contributed by atoms with Crippen LogP contribution in [0, 0.1) is 18.6 Å². The van der Waals surface area contributed by atoms with Crippen LogP contribution in [0.2, 0.25) is 0 Å². The summed E-state index contributed by atoms with van der Waals surface area (Å²) in [6, 6.07) is 8.36. The zero-order chi connectivity index (χ0) is 19.7. The second-order valence-electron chi connectivity index (χ2n) is 6.69. The number of aromatic nitrogens is 3. The van der Waals surface area contributed by atoms with Gasteiger partial charge in [0.2, 0.25) is 0 Å². The van der Waals surface area contributed by atoms with Gasteiger partial charge >= 0.3 is 0 Å². The Hall–Kier alpha value is -3.29. The lowest BCUT2D eigenvalue weighted by molar-refractivity contribution is 0.102. The summed E-state index contributed by atoms with van der Waals surface area (Å²) in [5, 5.41) is 6.87. The first-order valence-electron chi connectivity index (χ1n) is 9.06. The van der Waals surface area contributed by atoms with Gasteiger partial charge in [-0.3, -0.25) is 4.79 Å². The van der Waals surface area contributed by atoms with E-state index in [4.69, 9.17) is 0 Å². The maximum Gasteiger partial charge on any atom is 0.276 e. The molecule has 1 aromatic carbocycles. The van der Waals surface area contributed by atoms with Gasteiger partial charge in [-0.1, -0.05) is 0 Å². The Bertz CT molecular complexity index is 1030. The molecule has 0 spiro atoms. The zero-order valence-corrected chi connectivity index (χ0v) is 15.3. The molecule has 0 bridgehead atoms. The minimum absolute atomic E-state index is 0.0632. The summed E-state index contributed by atoms with van der Waals surface area (Å²) in [5.41, 5.74) is 1.48. The van der Waals surface area contributed by atoms with Crippen molar-refractivity contribution in [1.82, 2.24) is 14.8 Å². The summed E-state index contributed by atoms with van der Waals surface area (Å²) in [6.07, 6.45) is 3.78. The lowest BCUT2D eigenvalue weighted by atomic mass is 10.3. The Morgan fingerprint density at radius 2 is 1.89 bits per heavy atom. The number of pyridine rings is 1. The third-order valence-corrected chi connectivity index (χ3v) is 4.73. The average Bonchev–Trinajstić information content (AvgIpc) is 3.35. The molecule has 0 atom stereocenters. The van der Waals surface area contributed by atoms with E-state index in [0.29, 0.717) is 11.4 Å². The smallest absolute Gasteiger partial charge is 0.276 e. The number of carbonyl (C=O) groups excluding carboxylic acids is 1. The fourth-order valence-electron chi connectivity index (χ4n) is 3.23. The molecule has 1 aliphatic rings. The van der Waals surface area contributed by atoms with Gasteiger partial charge in [-0.2, -0.15) is 5.10 Å². The van der Waals surface area contributed by atoms with E-state index in [9.17, 15) is 13.6 Å². The number of hydrogen-bond donors (Lipinski definition) is 1. The molecular weight excluding hydrogens is 364 g/mol. The molecule has 0 unspecified atom stereocenters. The van der Waals surface area contributed by atoms with Crippen molar-refractivity contribution in [3.63, 3.8) is 0 Å². The highest BCUT2D eigenvalue weighted by Gasteiger charge is 2.17. The van der Waals surface area contributed by atoms with Crippen LogP contribution in [0.1, 0.15) is 29.0 Å². The van der Waals surface area contributed by atoms with Gasteiger partial charge in [0, 0.05) is 25.4 Å². The van der Waals surface area contributed by atoms with Gasteiger partial charge in [0.25, 0.3) is 5.91 Å². The quantitative estimate of drug-likeness (QED) is 0.746. The fourth-order valence-corrected chi connectivity index (χ4v) is 3.23. The number of aryl methyl sites for hydroxylation is 1. The number of nitrogens with zero attached hydrogens (tertiary/aromatic N) is 4. The minimum Gasteiger partial charge on any atom is -0.357 e. The first kappa shape index (κ1) is 18.1. The molecular formula is C20H19F2N5O. The van der Waals surface area contributed by atoms with Crippen LogP contribution in [0.4, 0.5) is 20.3 Å². The van der Waals surface area contributed by atoms with Crippen molar-refractivity contribution in [3.8, 4) is 5.69 Å². The van der Waals surface area contributed by atoms with E-state index in [0.717, 1.165) is 43.9 Å². The van der Waals surface area contributed by atoms with Gasteiger partial charge in [-0.25, -0.2) is 18.4 Å². The molecule has 3 aromatic rings. The van der Waals surface area contributed by atoms with Gasteiger partial charge < -0.3 is 10.2 Å². The summed E-state index contributed by atoms with van der Waals surface area (Å²) in [7, 11) is 0. The van der Waals surface area contributed by atoms with Crippen molar-refractivity contribution in [2.45, 2.75) is 19.8 Å². The largest absolute Gasteiger partial charge is 0.357 e. The molecule has 0 radical (unpaired) electrons. The Kier molecular flexibility index (Phi) is 4.77. The van der Waals surface area contributed by atoms with Crippen LogP contribution in [0.15, 0.2) is 42.6 Å². The number of benzene rings is 1. The second kappa shape index (κ2) is 7.38. The van der Waals surface area contributed by atoms with E-state index in [2.05, 4.69) is 20.3 Å². The van der Waals surface area contributed by atoms with E-state index in [1.54, 1.807) is 0 Å². The van der Waals surface area contributed by atoms with E-state index in [1.165, 1.54) is 23.0 Å². The number of nitrogens with one attached hydrogen (secondary N) is 1. The maximum absolute atomic E-state index is 13.9. The number of anilines is 2. The molecule has 1 N–H and O–H groups in total. The van der Waals surface area contributed by atoms with Crippen LogP contribution in [0.3, 0.4) is 0 Å². The predicted molar refractivity (Wildman–Crippen MR) is 102 cm³/mol. The van der Waals surface area contributed by atoms with E-state index in [-0.39, 0.29) is 11.4 Å². The number of carbonyl (C=O) groups is 1. The van der Waals surface area contributed by atoms with Crippen molar-refractivity contribution in [2.24, 2.45) is 0 Å². The summed E-state index contributed by atoms with van der Waals surface area (Å²) >= 11 is 0. The molecule has 1 saturated heterocycles. The topological polar surface area (TPSA) is 63.1 Å². The van der Waals surface area contributed by atoms with E-state index < -0.39 is 17.5 Å². The van der Waals surface area contributed by atoms with Crippen molar-refractivity contribution >= 4 is 17.4 Å². The molecule has 1 amide bonds. The molecule has 8 heteroatoms. The Labute approximate surface area is 160 Å².